The van der Waals surface area contributed by atoms with Gasteiger partial charge in [0.15, 0.2) is 0 Å². The number of anilines is 2. The molecular formula is C22H28N2O4S. The highest BCUT2D eigenvalue weighted by Crippen LogP contribution is 2.40. The van der Waals surface area contributed by atoms with Crippen LogP contribution in [0.15, 0.2) is 18.2 Å². The van der Waals surface area contributed by atoms with Crippen LogP contribution in [0, 0.1) is 12.8 Å². The SMILES string of the molecule is CCOC(=O)c1c(NC(=O)CNc2cc(C)ccc2OC)sc2c1CC[C@@H](C)C2. The number of rotatable bonds is 7. The number of hydrogen-bond donors (Lipinski definition) is 2. The van der Waals surface area contributed by atoms with Crippen LogP contribution in [-0.4, -0.2) is 32.1 Å². The molecule has 0 saturated carbocycles. The maximum atomic E-state index is 12.6. The zero-order valence-corrected chi connectivity index (χ0v) is 18.2. The molecule has 1 aliphatic carbocycles. The Bertz CT molecular complexity index is 906. The number of fused-ring (bicyclic) bond motifs is 1. The van der Waals surface area contributed by atoms with E-state index in [4.69, 9.17) is 9.47 Å². The summed E-state index contributed by atoms with van der Waals surface area (Å²) in [5, 5.41) is 6.63. The molecule has 3 rings (SSSR count). The smallest absolute Gasteiger partial charge is 0.341 e. The predicted octanol–water partition coefficient (Wildman–Crippen LogP) is 4.42. The highest BCUT2D eigenvalue weighted by atomic mass is 32.1. The van der Waals surface area contributed by atoms with Gasteiger partial charge in [-0.1, -0.05) is 13.0 Å². The summed E-state index contributed by atoms with van der Waals surface area (Å²) in [6.07, 6.45) is 2.81. The molecule has 0 bridgehead atoms. The van der Waals surface area contributed by atoms with E-state index in [9.17, 15) is 9.59 Å². The summed E-state index contributed by atoms with van der Waals surface area (Å²) < 4.78 is 10.6. The number of methoxy groups -OCH3 is 1. The van der Waals surface area contributed by atoms with Gasteiger partial charge in [-0.3, -0.25) is 4.79 Å². The third kappa shape index (κ3) is 4.90. The highest BCUT2D eigenvalue weighted by Gasteiger charge is 2.29. The van der Waals surface area contributed by atoms with Crippen LogP contribution < -0.4 is 15.4 Å². The minimum Gasteiger partial charge on any atom is -0.495 e. The fourth-order valence-corrected chi connectivity index (χ4v) is 4.98. The van der Waals surface area contributed by atoms with Crippen molar-refractivity contribution in [2.75, 3.05) is 30.9 Å². The Balaban J connectivity index is 1.76. The fraction of sp³-hybridized carbons (Fsp3) is 0.455. The topological polar surface area (TPSA) is 76.7 Å². The first kappa shape index (κ1) is 21.2. The first-order valence-electron chi connectivity index (χ1n) is 9.92. The van der Waals surface area contributed by atoms with E-state index in [1.165, 1.54) is 16.2 Å². The van der Waals surface area contributed by atoms with Crippen LogP contribution in [0.4, 0.5) is 10.7 Å². The van der Waals surface area contributed by atoms with E-state index in [0.717, 1.165) is 36.1 Å². The van der Waals surface area contributed by atoms with E-state index in [1.54, 1.807) is 14.0 Å². The second kappa shape index (κ2) is 9.31. The molecule has 2 aromatic rings. The normalized spacial score (nSPS) is 15.4. The molecule has 0 spiro atoms. The molecule has 7 heteroatoms. The van der Waals surface area contributed by atoms with E-state index < -0.39 is 0 Å². The summed E-state index contributed by atoms with van der Waals surface area (Å²) in [7, 11) is 1.60. The number of carbonyl (C=O) groups is 2. The summed E-state index contributed by atoms with van der Waals surface area (Å²) in [6.45, 7) is 6.36. The first-order valence-corrected chi connectivity index (χ1v) is 10.7. The van der Waals surface area contributed by atoms with Crippen LogP contribution in [0.2, 0.25) is 0 Å². The zero-order chi connectivity index (χ0) is 21.0. The molecule has 6 nitrogen and oxygen atoms in total. The van der Waals surface area contributed by atoms with E-state index in [2.05, 4.69) is 17.6 Å². The maximum absolute atomic E-state index is 12.6. The lowest BCUT2D eigenvalue weighted by atomic mass is 9.88. The first-order chi connectivity index (χ1) is 13.9. The van der Waals surface area contributed by atoms with Crippen molar-refractivity contribution >= 4 is 33.9 Å². The molecule has 0 radical (unpaired) electrons. The van der Waals surface area contributed by atoms with Gasteiger partial charge in [0.2, 0.25) is 5.91 Å². The number of thiophene rings is 1. The lowest BCUT2D eigenvalue weighted by molar-refractivity contribution is -0.114. The molecular weight excluding hydrogens is 388 g/mol. The summed E-state index contributed by atoms with van der Waals surface area (Å²) >= 11 is 1.49. The molecule has 0 fully saturated rings. The van der Waals surface area contributed by atoms with Gasteiger partial charge in [0, 0.05) is 4.88 Å². The number of ether oxygens (including phenoxy) is 2. The van der Waals surface area contributed by atoms with Gasteiger partial charge in [-0.2, -0.15) is 0 Å². The lowest BCUT2D eigenvalue weighted by Crippen LogP contribution is -2.23. The second-order valence-electron chi connectivity index (χ2n) is 7.38. The fourth-order valence-electron chi connectivity index (χ4n) is 3.56. The molecule has 2 N–H and O–H groups in total. The van der Waals surface area contributed by atoms with Crippen LogP contribution in [0.3, 0.4) is 0 Å². The van der Waals surface area contributed by atoms with Gasteiger partial charge >= 0.3 is 5.97 Å². The molecule has 0 aliphatic heterocycles. The molecule has 1 aliphatic rings. The molecule has 1 aromatic carbocycles. The average molecular weight is 417 g/mol. The van der Waals surface area contributed by atoms with Crippen molar-refractivity contribution < 1.29 is 19.1 Å². The Morgan fingerprint density at radius 1 is 1.31 bits per heavy atom. The summed E-state index contributed by atoms with van der Waals surface area (Å²) in [6, 6.07) is 5.75. The van der Waals surface area contributed by atoms with Crippen molar-refractivity contribution in [3.63, 3.8) is 0 Å². The molecule has 29 heavy (non-hydrogen) atoms. The van der Waals surface area contributed by atoms with E-state index in [-0.39, 0.29) is 18.4 Å². The van der Waals surface area contributed by atoms with Crippen molar-refractivity contribution in [1.82, 2.24) is 0 Å². The molecule has 1 atom stereocenters. The van der Waals surface area contributed by atoms with Crippen molar-refractivity contribution in [3.8, 4) is 5.75 Å². The monoisotopic (exact) mass is 416 g/mol. The zero-order valence-electron chi connectivity index (χ0n) is 17.4. The van der Waals surface area contributed by atoms with Crippen LogP contribution in [-0.2, 0) is 22.4 Å². The van der Waals surface area contributed by atoms with Gasteiger partial charge in [-0.05, 0) is 62.3 Å². The van der Waals surface area contributed by atoms with Gasteiger partial charge < -0.3 is 20.1 Å². The van der Waals surface area contributed by atoms with Crippen LogP contribution in [0.1, 0.15) is 46.6 Å². The third-order valence-electron chi connectivity index (χ3n) is 5.04. The maximum Gasteiger partial charge on any atom is 0.341 e. The summed E-state index contributed by atoms with van der Waals surface area (Å²) in [5.74, 6) is 0.681. The number of amides is 1. The molecule has 0 unspecified atom stereocenters. The number of carbonyl (C=O) groups excluding carboxylic acids is 2. The van der Waals surface area contributed by atoms with Gasteiger partial charge in [0.1, 0.15) is 10.8 Å². The Morgan fingerprint density at radius 3 is 2.83 bits per heavy atom. The molecule has 1 amide bonds. The van der Waals surface area contributed by atoms with Gasteiger partial charge in [-0.25, -0.2) is 4.79 Å². The minimum atomic E-state index is -0.358. The third-order valence-corrected chi connectivity index (χ3v) is 6.21. The number of aryl methyl sites for hydroxylation is 1. The quantitative estimate of drug-likeness (QED) is 0.654. The summed E-state index contributed by atoms with van der Waals surface area (Å²) in [5.41, 5.74) is 3.39. The Labute approximate surface area is 175 Å². The van der Waals surface area contributed by atoms with Crippen molar-refractivity contribution in [2.45, 2.75) is 40.0 Å². The van der Waals surface area contributed by atoms with Gasteiger partial charge in [0.05, 0.1) is 31.5 Å². The second-order valence-corrected chi connectivity index (χ2v) is 8.49. The van der Waals surface area contributed by atoms with Crippen molar-refractivity contribution in [3.05, 3.63) is 39.8 Å². The number of esters is 1. The largest absolute Gasteiger partial charge is 0.495 e. The molecule has 1 aromatic heterocycles. The summed E-state index contributed by atoms with van der Waals surface area (Å²) in [4.78, 5) is 26.4. The lowest BCUT2D eigenvalue weighted by Gasteiger charge is -2.18. The standard InChI is InChI=1S/C22H28N2O4S/c1-5-28-22(26)20-15-8-6-14(3)11-18(15)29-21(20)24-19(25)12-23-16-10-13(2)7-9-17(16)27-4/h7,9-10,14,23H,5-6,8,11-12H2,1-4H3,(H,24,25)/t14-/m1/s1. The Morgan fingerprint density at radius 2 is 2.10 bits per heavy atom. The number of nitrogens with one attached hydrogen (secondary N) is 2. The van der Waals surface area contributed by atoms with E-state index in [0.29, 0.717) is 28.8 Å². The van der Waals surface area contributed by atoms with E-state index in [1.807, 2.05) is 25.1 Å². The molecule has 156 valence electrons. The van der Waals surface area contributed by atoms with Crippen molar-refractivity contribution in [2.24, 2.45) is 5.92 Å². The molecule has 0 saturated heterocycles. The van der Waals surface area contributed by atoms with Crippen LogP contribution in [0.25, 0.3) is 0 Å². The van der Waals surface area contributed by atoms with Crippen LogP contribution in [0.5, 0.6) is 5.75 Å². The Hall–Kier alpha value is -2.54. The number of benzene rings is 1. The average Bonchev–Trinajstić information content (AvgIpc) is 3.03. The van der Waals surface area contributed by atoms with Crippen molar-refractivity contribution in [1.29, 1.82) is 0 Å². The van der Waals surface area contributed by atoms with E-state index >= 15 is 0 Å². The van der Waals surface area contributed by atoms with Crippen LogP contribution >= 0.6 is 11.3 Å². The van der Waals surface area contributed by atoms with Gasteiger partial charge in [0.25, 0.3) is 0 Å². The molecule has 1 heterocycles. The minimum absolute atomic E-state index is 0.0705. The Kier molecular flexibility index (Phi) is 6.79. The van der Waals surface area contributed by atoms with Gasteiger partial charge in [-0.15, -0.1) is 11.3 Å². The predicted molar refractivity (Wildman–Crippen MR) is 116 cm³/mol. The number of hydrogen-bond acceptors (Lipinski definition) is 6. The highest BCUT2D eigenvalue weighted by molar-refractivity contribution is 7.17.